The molecule has 0 radical (unpaired) electrons. The van der Waals surface area contributed by atoms with Crippen molar-refractivity contribution in [1.82, 2.24) is 0 Å². The zero-order chi connectivity index (χ0) is 21.0. The molecule has 0 atom stereocenters. The molecule has 0 fully saturated rings. The molecular formula is C27H30O2. The van der Waals surface area contributed by atoms with Crippen molar-refractivity contribution in [2.75, 3.05) is 0 Å². The van der Waals surface area contributed by atoms with E-state index >= 15 is 0 Å². The summed E-state index contributed by atoms with van der Waals surface area (Å²) in [6, 6.07) is 26.2. The lowest BCUT2D eigenvalue weighted by atomic mass is 9.76. The van der Waals surface area contributed by atoms with Gasteiger partial charge >= 0.3 is 0 Å². The van der Waals surface area contributed by atoms with Crippen LogP contribution in [0.2, 0.25) is 0 Å². The van der Waals surface area contributed by atoms with Gasteiger partial charge in [0.1, 0.15) is 11.5 Å². The maximum atomic E-state index is 8.63. The number of phenolic OH excluding ortho intramolecular Hbond substituents is 2. The highest BCUT2D eigenvalue weighted by Gasteiger charge is 2.35. The van der Waals surface area contributed by atoms with Crippen molar-refractivity contribution in [3.05, 3.63) is 121 Å². The van der Waals surface area contributed by atoms with Crippen LogP contribution in [-0.2, 0) is 11.8 Å². The Kier molecular flexibility index (Phi) is 8.78. The third-order valence-electron chi connectivity index (χ3n) is 5.04. The fourth-order valence-electron chi connectivity index (χ4n) is 3.68. The molecule has 3 aromatic carbocycles. The van der Waals surface area contributed by atoms with E-state index in [0.717, 1.165) is 12.8 Å². The number of aryl methyl sites for hydroxylation is 1. The van der Waals surface area contributed by atoms with Gasteiger partial charge in [-0.3, -0.25) is 0 Å². The Balaban J connectivity index is 0.000000178. The number of phenols is 2. The smallest absolute Gasteiger partial charge is 0.115 e. The summed E-state index contributed by atoms with van der Waals surface area (Å²) < 4.78 is 0. The van der Waals surface area contributed by atoms with Gasteiger partial charge < -0.3 is 10.2 Å². The average Bonchev–Trinajstić information content (AvgIpc) is 3.09. The van der Waals surface area contributed by atoms with Crippen LogP contribution < -0.4 is 0 Å². The van der Waals surface area contributed by atoms with Crippen molar-refractivity contribution in [3.8, 4) is 11.5 Å². The van der Waals surface area contributed by atoms with E-state index < -0.39 is 0 Å². The van der Waals surface area contributed by atoms with Gasteiger partial charge in [-0.05, 0) is 61.1 Å². The summed E-state index contributed by atoms with van der Waals surface area (Å²) in [6.07, 6.45) is 8.67. The molecule has 1 aliphatic rings. The van der Waals surface area contributed by atoms with Crippen LogP contribution in [0.5, 0.6) is 11.5 Å². The van der Waals surface area contributed by atoms with E-state index in [1.165, 1.54) is 24.0 Å². The van der Waals surface area contributed by atoms with Crippen LogP contribution in [0.1, 0.15) is 30.4 Å². The molecule has 0 spiro atoms. The summed E-state index contributed by atoms with van der Waals surface area (Å²) in [7, 11) is 0. The molecule has 1 aliphatic carbocycles. The maximum absolute atomic E-state index is 8.63. The minimum Gasteiger partial charge on any atom is -0.508 e. The quantitative estimate of drug-likeness (QED) is 0.484. The second kappa shape index (κ2) is 11.6. The third kappa shape index (κ3) is 6.69. The summed E-state index contributed by atoms with van der Waals surface area (Å²) >= 11 is 0. The third-order valence-corrected chi connectivity index (χ3v) is 5.04. The van der Waals surface area contributed by atoms with Crippen molar-refractivity contribution in [3.63, 3.8) is 0 Å². The first-order chi connectivity index (χ1) is 14.1. The summed E-state index contributed by atoms with van der Waals surface area (Å²) in [5.41, 5.74) is 3.33. The van der Waals surface area contributed by atoms with Gasteiger partial charge in [0.15, 0.2) is 0 Å². The van der Waals surface area contributed by atoms with Crippen molar-refractivity contribution in [1.29, 1.82) is 0 Å². The molecule has 29 heavy (non-hydrogen) atoms. The first-order valence-electron chi connectivity index (χ1n) is 9.89. The van der Waals surface area contributed by atoms with Gasteiger partial charge in [0.05, 0.1) is 0 Å². The molecule has 150 valence electrons. The number of hydrogen-bond donors (Lipinski definition) is 2. The Morgan fingerprint density at radius 2 is 1.14 bits per heavy atom. The summed E-state index contributed by atoms with van der Waals surface area (Å²) in [5.74, 6) is 0.644. The molecular weight excluding hydrogens is 356 g/mol. The minimum atomic E-state index is 0.292. The average molecular weight is 387 g/mol. The molecule has 0 bridgehead atoms. The van der Waals surface area contributed by atoms with Crippen LogP contribution in [0.4, 0.5) is 0 Å². The predicted octanol–water partition coefficient (Wildman–Crippen LogP) is 6.81. The van der Waals surface area contributed by atoms with E-state index in [1.54, 1.807) is 48.5 Å². The molecule has 0 heterocycles. The standard InChI is InChI=1S/C15H18.2C6H6O/c1-3-10-15(11-4-2)12-9-13-7-5-6-8-14(13)15;2*7-6-4-2-1-3-5-6/h3-8H,1-2,9-12H2;2*1-5,7H. The van der Waals surface area contributed by atoms with Crippen LogP contribution >= 0.6 is 0 Å². The number of hydrogen-bond acceptors (Lipinski definition) is 2. The lowest BCUT2D eigenvalue weighted by molar-refractivity contribution is 0.434. The number of benzene rings is 3. The number of aromatic hydroxyl groups is 2. The maximum Gasteiger partial charge on any atom is 0.115 e. The number of fused-ring (bicyclic) bond motifs is 1. The zero-order valence-electron chi connectivity index (χ0n) is 16.9. The van der Waals surface area contributed by atoms with E-state index in [4.69, 9.17) is 10.2 Å². The Hall–Kier alpha value is -3.26. The summed E-state index contributed by atoms with van der Waals surface area (Å²) in [6.45, 7) is 7.78. The first-order valence-corrected chi connectivity index (χ1v) is 9.89. The van der Waals surface area contributed by atoms with Gasteiger partial charge in [-0.2, -0.15) is 0 Å². The monoisotopic (exact) mass is 386 g/mol. The molecule has 0 saturated carbocycles. The zero-order valence-corrected chi connectivity index (χ0v) is 16.9. The predicted molar refractivity (Wildman–Crippen MR) is 122 cm³/mol. The number of para-hydroxylation sites is 2. The Bertz CT molecular complexity index is 822. The van der Waals surface area contributed by atoms with E-state index in [1.807, 2.05) is 24.3 Å². The van der Waals surface area contributed by atoms with Crippen LogP contribution in [0.3, 0.4) is 0 Å². The van der Waals surface area contributed by atoms with E-state index in [2.05, 4.69) is 37.4 Å². The SMILES string of the molecule is C=CCC1(CC=C)CCc2ccccc21.Oc1ccccc1.Oc1ccccc1. The second-order valence-electron chi connectivity index (χ2n) is 7.09. The van der Waals surface area contributed by atoms with Crippen molar-refractivity contribution in [2.45, 2.75) is 31.1 Å². The van der Waals surface area contributed by atoms with Crippen molar-refractivity contribution >= 4 is 0 Å². The molecule has 0 aromatic heterocycles. The minimum absolute atomic E-state index is 0.292. The molecule has 0 saturated heterocycles. The number of rotatable bonds is 4. The largest absolute Gasteiger partial charge is 0.508 e. The van der Waals surface area contributed by atoms with Gasteiger partial charge in [0.25, 0.3) is 0 Å². The van der Waals surface area contributed by atoms with Gasteiger partial charge in [-0.1, -0.05) is 72.8 Å². The molecule has 0 aliphatic heterocycles. The van der Waals surface area contributed by atoms with E-state index in [0.29, 0.717) is 16.9 Å². The van der Waals surface area contributed by atoms with Crippen molar-refractivity contribution < 1.29 is 10.2 Å². The fraction of sp³-hybridized carbons (Fsp3) is 0.185. The van der Waals surface area contributed by atoms with Crippen LogP contribution in [-0.4, -0.2) is 10.2 Å². The number of allylic oxidation sites excluding steroid dienone is 2. The van der Waals surface area contributed by atoms with Gasteiger partial charge in [0.2, 0.25) is 0 Å². The lowest BCUT2D eigenvalue weighted by Gasteiger charge is -2.28. The summed E-state index contributed by atoms with van der Waals surface area (Å²) in [4.78, 5) is 0. The second-order valence-corrected chi connectivity index (χ2v) is 7.09. The molecule has 2 N–H and O–H groups in total. The molecule has 4 rings (SSSR count). The van der Waals surface area contributed by atoms with E-state index in [-0.39, 0.29) is 0 Å². The molecule has 0 amide bonds. The lowest BCUT2D eigenvalue weighted by Crippen LogP contribution is -2.21. The molecule has 3 aromatic rings. The van der Waals surface area contributed by atoms with Gasteiger partial charge in [0, 0.05) is 5.41 Å². The van der Waals surface area contributed by atoms with Gasteiger partial charge in [-0.25, -0.2) is 0 Å². The van der Waals surface area contributed by atoms with Crippen LogP contribution in [0.15, 0.2) is 110 Å². The van der Waals surface area contributed by atoms with Crippen LogP contribution in [0.25, 0.3) is 0 Å². The highest BCUT2D eigenvalue weighted by atomic mass is 16.3. The van der Waals surface area contributed by atoms with Crippen LogP contribution in [0, 0.1) is 0 Å². The fourth-order valence-corrected chi connectivity index (χ4v) is 3.68. The van der Waals surface area contributed by atoms with E-state index in [9.17, 15) is 0 Å². The topological polar surface area (TPSA) is 40.5 Å². The summed E-state index contributed by atoms with van der Waals surface area (Å²) in [5, 5.41) is 17.3. The Morgan fingerprint density at radius 1 is 0.690 bits per heavy atom. The Labute approximate surface area is 174 Å². The van der Waals surface area contributed by atoms with Gasteiger partial charge in [-0.15, -0.1) is 13.2 Å². The first kappa shape index (κ1) is 22.0. The molecule has 0 unspecified atom stereocenters. The molecule has 2 nitrogen and oxygen atoms in total. The highest BCUT2D eigenvalue weighted by molar-refractivity contribution is 5.40. The normalized spacial score (nSPS) is 13.0. The highest BCUT2D eigenvalue weighted by Crippen LogP contribution is 2.44. The Morgan fingerprint density at radius 3 is 1.55 bits per heavy atom. The van der Waals surface area contributed by atoms with Crippen molar-refractivity contribution in [2.24, 2.45) is 0 Å². The molecule has 2 heteroatoms.